The maximum atomic E-state index is 14.3. The van der Waals surface area contributed by atoms with E-state index in [1.807, 2.05) is 11.0 Å². The lowest BCUT2D eigenvalue weighted by molar-refractivity contribution is -0.122. The van der Waals surface area contributed by atoms with Crippen molar-refractivity contribution in [3.05, 3.63) is 71.8 Å². The number of piperidine rings is 1. The largest absolute Gasteiger partial charge is 0.506 e. The predicted octanol–water partition coefficient (Wildman–Crippen LogP) is 4.71. The molecule has 1 amide bonds. The van der Waals surface area contributed by atoms with Gasteiger partial charge in [-0.25, -0.2) is 13.8 Å². The van der Waals surface area contributed by atoms with Crippen LogP contribution in [-0.4, -0.2) is 29.1 Å². The van der Waals surface area contributed by atoms with Crippen molar-refractivity contribution in [3.63, 3.8) is 0 Å². The smallest absolute Gasteiger partial charge is 0.222 e. The fourth-order valence-corrected chi connectivity index (χ4v) is 5.02. The third-order valence-corrected chi connectivity index (χ3v) is 6.74. The fourth-order valence-electron chi connectivity index (χ4n) is 5.02. The van der Waals surface area contributed by atoms with Gasteiger partial charge in [0, 0.05) is 35.7 Å². The second kappa shape index (κ2) is 9.39. The standard InChI is InChI=1S/C28H23F2N5O2/c29-19-9-18(10-20(30)12-19)24-25(35-8-2-4-17(14-35)28(33)37)22-11-15(6-7-23(22)34-27(24)32)21-5-1-3-16(13-31)26(21)36/h1,3,5-7,9-12,17,36H,2,4,8,14H2,(H2,32,34)(H2,33,37). The second-order valence-corrected chi connectivity index (χ2v) is 9.11. The number of rotatable bonds is 4. The number of aromatic hydroxyl groups is 1. The van der Waals surface area contributed by atoms with E-state index in [-0.39, 0.29) is 22.7 Å². The molecule has 9 heteroatoms. The maximum absolute atomic E-state index is 14.3. The Labute approximate surface area is 211 Å². The number of hydrogen-bond donors (Lipinski definition) is 3. The highest BCUT2D eigenvalue weighted by Gasteiger charge is 2.29. The zero-order chi connectivity index (χ0) is 26.3. The first-order chi connectivity index (χ1) is 17.8. The molecule has 0 aliphatic carbocycles. The average Bonchev–Trinajstić information content (AvgIpc) is 2.87. The fraction of sp³-hybridized carbons (Fsp3) is 0.179. The van der Waals surface area contributed by atoms with Crippen molar-refractivity contribution >= 4 is 28.3 Å². The summed E-state index contributed by atoms with van der Waals surface area (Å²) in [5, 5.41) is 20.6. The Bertz CT molecular complexity index is 1580. The SMILES string of the molecule is N#Cc1cccc(-c2ccc3nc(N)c(-c4cc(F)cc(F)c4)c(N4CCCC(C(N)=O)C4)c3c2)c1O. The summed E-state index contributed by atoms with van der Waals surface area (Å²) in [6, 6.07) is 15.3. The van der Waals surface area contributed by atoms with E-state index in [1.54, 1.807) is 30.3 Å². The number of fused-ring (bicyclic) bond motifs is 1. The number of para-hydroxylation sites is 1. The normalized spacial score (nSPS) is 15.5. The summed E-state index contributed by atoms with van der Waals surface area (Å²) in [5.41, 5.74) is 14.8. The number of hydrogen-bond acceptors (Lipinski definition) is 6. The lowest BCUT2D eigenvalue weighted by Crippen LogP contribution is -2.41. The summed E-state index contributed by atoms with van der Waals surface area (Å²) in [6.07, 6.45) is 1.31. The number of pyridine rings is 1. The minimum absolute atomic E-state index is 0.0794. The molecule has 37 heavy (non-hydrogen) atoms. The number of nitriles is 1. The second-order valence-electron chi connectivity index (χ2n) is 9.11. The third kappa shape index (κ3) is 4.38. The average molecular weight is 500 g/mol. The molecule has 1 aliphatic rings. The van der Waals surface area contributed by atoms with Gasteiger partial charge in [-0.05, 0) is 54.3 Å². The van der Waals surface area contributed by atoms with Crippen LogP contribution in [0.1, 0.15) is 18.4 Å². The number of nitrogen functional groups attached to an aromatic ring is 1. The van der Waals surface area contributed by atoms with Gasteiger partial charge in [-0.15, -0.1) is 0 Å². The zero-order valence-electron chi connectivity index (χ0n) is 19.7. The Morgan fingerprint density at radius 3 is 2.57 bits per heavy atom. The van der Waals surface area contributed by atoms with Crippen LogP contribution in [0.15, 0.2) is 54.6 Å². The number of carbonyl (C=O) groups excluding carboxylic acids is 1. The first-order valence-electron chi connectivity index (χ1n) is 11.7. The molecule has 1 atom stereocenters. The Morgan fingerprint density at radius 1 is 1.11 bits per heavy atom. The molecule has 5 rings (SSSR count). The van der Waals surface area contributed by atoms with E-state index in [1.165, 1.54) is 18.2 Å². The van der Waals surface area contributed by atoms with Gasteiger partial charge >= 0.3 is 0 Å². The summed E-state index contributed by atoms with van der Waals surface area (Å²) in [5.74, 6) is -2.44. The molecular weight excluding hydrogens is 476 g/mol. The van der Waals surface area contributed by atoms with Crippen LogP contribution in [-0.2, 0) is 4.79 Å². The highest BCUT2D eigenvalue weighted by molar-refractivity contribution is 6.05. The molecule has 5 N–H and O–H groups in total. The first-order valence-corrected chi connectivity index (χ1v) is 11.7. The number of phenols is 1. The van der Waals surface area contributed by atoms with Crippen molar-refractivity contribution in [3.8, 4) is 34.1 Å². The highest BCUT2D eigenvalue weighted by atomic mass is 19.1. The molecule has 1 fully saturated rings. The summed E-state index contributed by atoms with van der Waals surface area (Å²) in [6.45, 7) is 0.866. The molecule has 2 heterocycles. The molecule has 1 aliphatic heterocycles. The van der Waals surface area contributed by atoms with Crippen molar-refractivity contribution < 1.29 is 18.7 Å². The van der Waals surface area contributed by atoms with Crippen molar-refractivity contribution in [2.24, 2.45) is 11.7 Å². The van der Waals surface area contributed by atoms with E-state index in [9.17, 15) is 23.9 Å². The highest BCUT2D eigenvalue weighted by Crippen LogP contribution is 2.44. The number of benzene rings is 3. The van der Waals surface area contributed by atoms with Gasteiger partial charge < -0.3 is 21.5 Å². The van der Waals surface area contributed by atoms with Gasteiger partial charge in [0.25, 0.3) is 0 Å². The molecule has 0 saturated carbocycles. The molecule has 1 saturated heterocycles. The number of amides is 1. The van der Waals surface area contributed by atoms with Gasteiger partial charge in [0.2, 0.25) is 5.91 Å². The summed E-state index contributed by atoms with van der Waals surface area (Å²) < 4.78 is 28.5. The first kappa shape index (κ1) is 24.0. The topological polar surface area (TPSA) is 129 Å². The quantitative estimate of drug-likeness (QED) is 0.373. The minimum atomic E-state index is -0.763. The Morgan fingerprint density at radius 2 is 1.86 bits per heavy atom. The van der Waals surface area contributed by atoms with Crippen LogP contribution in [0.5, 0.6) is 5.75 Å². The summed E-state index contributed by atoms with van der Waals surface area (Å²) in [4.78, 5) is 18.5. The lowest BCUT2D eigenvalue weighted by Gasteiger charge is -2.35. The molecule has 1 unspecified atom stereocenters. The van der Waals surface area contributed by atoms with Crippen molar-refractivity contribution in [2.75, 3.05) is 23.7 Å². The molecule has 0 spiro atoms. The van der Waals surface area contributed by atoms with Crippen LogP contribution in [0, 0.1) is 28.9 Å². The van der Waals surface area contributed by atoms with Crippen LogP contribution in [0.4, 0.5) is 20.3 Å². The monoisotopic (exact) mass is 499 g/mol. The van der Waals surface area contributed by atoms with E-state index in [0.717, 1.165) is 6.07 Å². The number of anilines is 2. The Balaban J connectivity index is 1.81. The number of aromatic nitrogens is 1. The molecule has 7 nitrogen and oxygen atoms in total. The molecule has 4 aromatic rings. The number of primary amides is 1. The van der Waals surface area contributed by atoms with Crippen molar-refractivity contribution in [2.45, 2.75) is 12.8 Å². The number of carbonyl (C=O) groups is 1. The van der Waals surface area contributed by atoms with Crippen molar-refractivity contribution in [1.29, 1.82) is 5.26 Å². The van der Waals surface area contributed by atoms with E-state index in [4.69, 9.17) is 11.5 Å². The Hall–Kier alpha value is -4.71. The Kier molecular flexibility index (Phi) is 6.09. The molecule has 1 aromatic heterocycles. The van der Waals surface area contributed by atoms with E-state index >= 15 is 0 Å². The number of halogens is 2. The number of nitrogens with two attached hydrogens (primary N) is 2. The molecule has 0 bridgehead atoms. The van der Waals surface area contributed by atoms with Gasteiger partial charge in [-0.1, -0.05) is 18.2 Å². The van der Waals surface area contributed by atoms with Gasteiger partial charge in [0.1, 0.15) is 29.3 Å². The number of nitrogens with zero attached hydrogens (tertiary/aromatic N) is 3. The maximum Gasteiger partial charge on any atom is 0.222 e. The van der Waals surface area contributed by atoms with E-state index in [0.29, 0.717) is 59.2 Å². The van der Waals surface area contributed by atoms with Crippen LogP contribution in [0.25, 0.3) is 33.2 Å². The molecular formula is C28H23F2N5O2. The summed E-state index contributed by atoms with van der Waals surface area (Å²) in [7, 11) is 0. The molecule has 3 aromatic carbocycles. The van der Waals surface area contributed by atoms with E-state index < -0.39 is 23.5 Å². The van der Waals surface area contributed by atoms with Crippen LogP contribution < -0.4 is 16.4 Å². The van der Waals surface area contributed by atoms with Gasteiger partial charge in [-0.3, -0.25) is 4.79 Å². The van der Waals surface area contributed by atoms with E-state index in [2.05, 4.69) is 4.98 Å². The van der Waals surface area contributed by atoms with Crippen molar-refractivity contribution in [1.82, 2.24) is 4.98 Å². The van der Waals surface area contributed by atoms with Gasteiger partial charge in [0.05, 0.1) is 22.7 Å². The lowest BCUT2D eigenvalue weighted by atomic mass is 9.92. The van der Waals surface area contributed by atoms with Gasteiger partial charge in [-0.2, -0.15) is 5.26 Å². The molecule has 186 valence electrons. The minimum Gasteiger partial charge on any atom is -0.506 e. The van der Waals surface area contributed by atoms with Crippen LogP contribution in [0.3, 0.4) is 0 Å². The summed E-state index contributed by atoms with van der Waals surface area (Å²) >= 11 is 0. The zero-order valence-corrected chi connectivity index (χ0v) is 19.7. The predicted molar refractivity (Wildman–Crippen MR) is 137 cm³/mol. The van der Waals surface area contributed by atoms with Crippen LogP contribution >= 0.6 is 0 Å². The third-order valence-electron chi connectivity index (χ3n) is 6.74. The molecule has 0 radical (unpaired) electrons. The number of phenolic OH excluding ortho intramolecular Hbond substituents is 1. The van der Waals surface area contributed by atoms with Crippen LogP contribution in [0.2, 0.25) is 0 Å². The van der Waals surface area contributed by atoms with Gasteiger partial charge in [0.15, 0.2) is 0 Å².